The van der Waals surface area contributed by atoms with E-state index in [0.717, 1.165) is 0 Å². The number of esters is 1. The fourth-order valence-corrected chi connectivity index (χ4v) is 1.94. The van der Waals surface area contributed by atoms with Gasteiger partial charge in [-0.25, -0.2) is 4.79 Å². The van der Waals surface area contributed by atoms with Gasteiger partial charge in [0.2, 0.25) is 0 Å². The highest BCUT2D eigenvalue weighted by Crippen LogP contribution is 2.37. The number of nitrogens with two attached hydrogens (primary N) is 1. The molecule has 116 valence electrons. The van der Waals surface area contributed by atoms with Crippen LogP contribution in [0.3, 0.4) is 0 Å². The number of methoxy groups -OCH3 is 3. The highest BCUT2D eigenvalue weighted by Gasteiger charge is 2.21. The van der Waals surface area contributed by atoms with Crippen LogP contribution in [0, 0.1) is 0 Å². The summed E-state index contributed by atoms with van der Waals surface area (Å²) in [5.41, 5.74) is 6.76. The van der Waals surface area contributed by atoms with Crippen molar-refractivity contribution in [2.24, 2.45) is 5.73 Å². The largest absolute Gasteiger partial charge is 0.493 e. The summed E-state index contributed by atoms with van der Waals surface area (Å²) in [6.07, 6.45) is 0.120. The molecule has 1 unspecified atom stereocenters. The smallest absolute Gasteiger partial charge is 0.337 e. The Balaban J connectivity index is 3.25. The number of carbonyl (C=O) groups is 2. The molecule has 0 heterocycles. The van der Waals surface area contributed by atoms with Crippen LogP contribution < -0.4 is 15.2 Å². The molecule has 1 rings (SSSR count). The summed E-state index contributed by atoms with van der Waals surface area (Å²) in [6.45, 7) is 0. The van der Waals surface area contributed by atoms with E-state index in [2.05, 4.69) is 4.74 Å². The molecule has 0 aliphatic heterocycles. The Labute approximate surface area is 122 Å². The van der Waals surface area contributed by atoms with Crippen LogP contribution in [-0.2, 0) is 9.53 Å². The van der Waals surface area contributed by atoms with E-state index in [9.17, 15) is 9.59 Å². The first-order valence-electron chi connectivity index (χ1n) is 6.26. The number of benzene rings is 1. The Bertz CT molecular complexity index is 528. The lowest BCUT2D eigenvalue weighted by atomic mass is 9.98. The predicted molar refractivity (Wildman–Crippen MR) is 74.7 cm³/mol. The van der Waals surface area contributed by atoms with E-state index in [1.54, 1.807) is 0 Å². The van der Waals surface area contributed by atoms with Crippen LogP contribution in [0.2, 0.25) is 0 Å². The van der Waals surface area contributed by atoms with E-state index in [-0.39, 0.29) is 18.4 Å². The van der Waals surface area contributed by atoms with E-state index >= 15 is 0 Å². The lowest BCUT2D eigenvalue weighted by molar-refractivity contribution is -0.137. The minimum atomic E-state index is -0.944. The molecule has 0 aromatic heterocycles. The first-order chi connectivity index (χ1) is 9.94. The topological polar surface area (TPSA) is 108 Å². The van der Waals surface area contributed by atoms with Gasteiger partial charge in [0.05, 0.1) is 26.9 Å². The van der Waals surface area contributed by atoms with Crippen LogP contribution in [0.25, 0.3) is 0 Å². The Morgan fingerprint density at radius 1 is 1.24 bits per heavy atom. The van der Waals surface area contributed by atoms with Crippen LogP contribution in [0.15, 0.2) is 12.1 Å². The van der Waals surface area contributed by atoms with Gasteiger partial charge in [-0.2, -0.15) is 0 Å². The van der Waals surface area contributed by atoms with Crippen LogP contribution in [0.5, 0.6) is 11.5 Å². The first-order valence-corrected chi connectivity index (χ1v) is 6.26. The number of carboxylic acid groups (broad SMARTS) is 1. The zero-order valence-corrected chi connectivity index (χ0v) is 12.2. The summed E-state index contributed by atoms with van der Waals surface area (Å²) < 4.78 is 15.1. The quantitative estimate of drug-likeness (QED) is 0.731. The van der Waals surface area contributed by atoms with Crippen molar-refractivity contribution in [3.8, 4) is 11.5 Å². The predicted octanol–water partition coefficient (Wildman–Crippen LogP) is 1.35. The highest BCUT2D eigenvalue weighted by atomic mass is 16.5. The van der Waals surface area contributed by atoms with Gasteiger partial charge in [-0.3, -0.25) is 4.79 Å². The van der Waals surface area contributed by atoms with Crippen LogP contribution in [0.1, 0.15) is 34.8 Å². The Morgan fingerprint density at radius 2 is 1.90 bits per heavy atom. The molecule has 21 heavy (non-hydrogen) atoms. The molecule has 0 saturated heterocycles. The molecule has 0 fully saturated rings. The van der Waals surface area contributed by atoms with Gasteiger partial charge in [0.25, 0.3) is 0 Å². The maximum Gasteiger partial charge on any atom is 0.337 e. The molecule has 0 aliphatic carbocycles. The molecule has 0 bridgehead atoms. The number of hydrogen-bond donors (Lipinski definition) is 2. The van der Waals surface area contributed by atoms with Gasteiger partial charge in [-0.05, 0) is 18.6 Å². The molecular weight excluding hydrogens is 278 g/mol. The highest BCUT2D eigenvalue weighted by molar-refractivity contribution is 5.90. The average molecular weight is 297 g/mol. The number of hydrogen-bond acceptors (Lipinski definition) is 6. The van der Waals surface area contributed by atoms with Gasteiger partial charge in [-0.1, -0.05) is 0 Å². The van der Waals surface area contributed by atoms with Crippen molar-refractivity contribution in [2.45, 2.75) is 18.9 Å². The molecule has 1 aromatic rings. The van der Waals surface area contributed by atoms with Crippen LogP contribution >= 0.6 is 0 Å². The minimum Gasteiger partial charge on any atom is -0.493 e. The van der Waals surface area contributed by atoms with E-state index in [0.29, 0.717) is 17.1 Å². The van der Waals surface area contributed by atoms with E-state index in [1.807, 2.05) is 0 Å². The van der Waals surface area contributed by atoms with Crippen molar-refractivity contribution in [3.05, 3.63) is 23.3 Å². The Kier molecular flexibility index (Phi) is 5.98. The molecule has 0 radical (unpaired) electrons. The van der Waals surface area contributed by atoms with Crippen molar-refractivity contribution < 1.29 is 28.9 Å². The molecule has 0 spiro atoms. The monoisotopic (exact) mass is 297 g/mol. The van der Waals surface area contributed by atoms with Crippen molar-refractivity contribution in [2.75, 3.05) is 21.3 Å². The number of carbonyl (C=O) groups excluding carboxylic acids is 1. The maximum absolute atomic E-state index is 11.7. The van der Waals surface area contributed by atoms with Crippen molar-refractivity contribution >= 4 is 11.9 Å². The SMILES string of the molecule is COC(=O)c1cc(OC)c(OC)c(C(N)CCC(=O)O)c1. The molecule has 1 atom stereocenters. The summed E-state index contributed by atoms with van der Waals surface area (Å²) >= 11 is 0. The molecule has 7 nitrogen and oxygen atoms in total. The zero-order valence-electron chi connectivity index (χ0n) is 12.2. The zero-order chi connectivity index (χ0) is 16.0. The van der Waals surface area contributed by atoms with Gasteiger partial charge in [0.15, 0.2) is 11.5 Å². The second kappa shape index (κ2) is 7.49. The van der Waals surface area contributed by atoms with E-state index in [4.69, 9.17) is 20.3 Å². The van der Waals surface area contributed by atoms with Crippen molar-refractivity contribution in [3.63, 3.8) is 0 Å². The molecular formula is C14H19NO6. The number of aliphatic carboxylic acids is 1. The van der Waals surface area contributed by atoms with Gasteiger partial charge >= 0.3 is 11.9 Å². The van der Waals surface area contributed by atoms with Crippen molar-refractivity contribution in [1.82, 2.24) is 0 Å². The molecule has 0 amide bonds. The molecule has 0 saturated carbocycles. The van der Waals surface area contributed by atoms with Crippen LogP contribution in [0.4, 0.5) is 0 Å². The third-order valence-corrected chi connectivity index (χ3v) is 3.00. The van der Waals surface area contributed by atoms with Gasteiger partial charge in [0.1, 0.15) is 0 Å². The second-order valence-corrected chi connectivity index (χ2v) is 4.33. The molecule has 3 N–H and O–H groups in total. The fraction of sp³-hybridized carbons (Fsp3) is 0.429. The molecule has 0 aliphatic rings. The summed E-state index contributed by atoms with van der Waals surface area (Å²) in [5, 5.41) is 8.73. The molecule has 1 aromatic carbocycles. The maximum atomic E-state index is 11.7. The van der Waals surface area contributed by atoms with Gasteiger partial charge in [-0.15, -0.1) is 0 Å². The third-order valence-electron chi connectivity index (χ3n) is 3.00. The van der Waals surface area contributed by atoms with Crippen LogP contribution in [-0.4, -0.2) is 38.4 Å². The lowest BCUT2D eigenvalue weighted by Crippen LogP contribution is -2.15. The van der Waals surface area contributed by atoms with E-state index in [1.165, 1.54) is 33.5 Å². The molecule has 7 heteroatoms. The van der Waals surface area contributed by atoms with E-state index < -0.39 is 18.0 Å². The lowest BCUT2D eigenvalue weighted by Gasteiger charge is -2.18. The first kappa shape index (κ1) is 16.8. The average Bonchev–Trinajstić information content (AvgIpc) is 2.49. The van der Waals surface area contributed by atoms with Crippen molar-refractivity contribution in [1.29, 1.82) is 0 Å². The Hall–Kier alpha value is -2.28. The Morgan fingerprint density at radius 3 is 2.38 bits per heavy atom. The van der Waals surface area contributed by atoms with Gasteiger partial charge < -0.3 is 25.1 Å². The third kappa shape index (κ3) is 4.09. The number of rotatable bonds is 7. The summed E-state index contributed by atoms with van der Waals surface area (Å²) in [7, 11) is 4.15. The summed E-state index contributed by atoms with van der Waals surface area (Å²) in [6, 6.07) is 2.41. The number of ether oxygens (including phenoxy) is 3. The fourth-order valence-electron chi connectivity index (χ4n) is 1.94. The normalized spacial score (nSPS) is 11.6. The minimum absolute atomic E-state index is 0.0882. The summed E-state index contributed by atoms with van der Waals surface area (Å²) in [4.78, 5) is 22.3. The standard InChI is InChI=1S/C14H19NO6/c1-19-11-7-8(14(18)21-3)6-9(13(11)20-2)10(15)4-5-12(16)17/h6-7,10H,4-5,15H2,1-3H3,(H,16,17). The summed E-state index contributed by atoms with van der Waals surface area (Å²) in [5.74, 6) is -0.771. The number of carboxylic acids is 1. The second-order valence-electron chi connectivity index (χ2n) is 4.33. The van der Waals surface area contributed by atoms with Gasteiger partial charge in [0, 0.05) is 18.0 Å².